The van der Waals surface area contributed by atoms with Crippen LogP contribution in [0, 0.1) is 12.3 Å². The summed E-state index contributed by atoms with van der Waals surface area (Å²) in [7, 11) is 2.17. The summed E-state index contributed by atoms with van der Waals surface area (Å²) in [5.74, 6) is 2.46. The van der Waals surface area contributed by atoms with E-state index in [1.54, 1.807) is 0 Å². The number of aryl methyl sites for hydroxylation is 2. The summed E-state index contributed by atoms with van der Waals surface area (Å²) < 4.78 is 9.29. The molecular formula is C33H34NO+. The molecule has 0 bridgehead atoms. The lowest BCUT2D eigenvalue weighted by Gasteiger charge is -2.28. The first-order valence-electron chi connectivity index (χ1n) is 12.8. The molecule has 1 aliphatic rings. The lowest BCUT2D eigenvalue weighted by atomic mass is 9.81. The summed E-state index contributed by atoms with van der Waals surface area (Å²) in [5, 5.41) is 7.71. The maximum atomic E-state index is 7.00. The molecule has 6 rings (SSSR count). The second-order valence-electron chi connectivity index (χ2n) is 11.7. The molecule has 176 valence electrons. The topological polar surface area (TPSA) is 13.1 Å². The van der Waals surface area contributed by atoms with E-state index >= 15 is 0 Å². The average Bonchev–Trinajstić information content (AvgIpc) is 2.81. The predicted octanol–water partition coefficient (Wildman–Crippen LogP) is 8.76. The lowest BCUT2D eigenvalue weighted by Crippen LogP contribution is -2.32. The molecule has 1 aromatic heterocycles. The quantitative estimate of drug-likeness (QED) is 0.186. The molecule has 0 fully saturated rings. The van der Waals surface area contributed by atoms with Crippen LogP contribution in [0.5, 0.6) is 11.5 Å². The average molecular weight is 461 g/mol. The van der Waals surface area contributed by atoms with E-state index in [1.165, 1.54) is 60.3 Å². The largest absolute Gasteiger partial charge is 0.455 e. The van der Waals surface area contributed by atoms with Gasteiger partial charge in [0, 0.05) is 17.0 Å². The number of hydrogen-bond donors (Lipinski definition) is 0. The summed E-state index contributed by atoms with van der Waals surface area (Å²) in [6, 6.07) is 20.1. The van der Waals surface area contributed by atoms with Gasteiger partial charge in [0.15, 0.2) is 6.20 Å². The Labute approximate surface area is 208 Å². The van der Waals surface area contributed by atoms with E-state index < -0.39 is 0 Å². The van der Waals surface area contributed by atoms with Crippen molar-refractivity contribution in [2.24, 2.45) is 12.5 Å². The zero-order valence-electron chi connectivity index (χ0n) is 21.9. The molecule has 2 heterocycles. The third kappa shape index (κ3) is 3.26. The highest BCUT2D eigenvalue weighted by Crippen LogP contribution is 2.53. The van der Waals surface area contributed by atoms with Crippen LogP contribution >= 0.6 is 0 Å². The van der Waals surface area contributed by atoms with Gasteiger partial charge in [-0.2, -0.15) is 0 Å². The molecule has 2 heteroatoms. The Kier molecular flexibility index (Phi) is 4.77. The van der Waals surface area contributed by atoms with Gasteiger partial charge in [0.1, 0.15) is 18.5 Å². The number of hydrogen-bond acceptors (Lipinski definition) is 1. The van der Waals surface area contributed by atoms with Crippen LogP contribution in [-0.2, 0) is 13.5 Å². The number of aromatic nitrogens is 1. The molecule has 0 saturated heterocycles. The number of rotatable bonds is 2. The van der Waals surface area contributed by atoms with E-state index in [2.05, 4.69) is 114 Å². The van der Waals surface area contributed by atoms with Crippen LogP contribution in [0.2, 0.25) is 0 Å². The first kappa shape index (κ1) is 22.1. The standard InChI is InChI=1S/C33H34NO/c1-19(2)21-13-10-14-24-25-15-16-34(7)31-29-20(3)22-11-8-9-12-23(22)27(18-33(4,5)6)32(29)35-28(30(25)31)17-26(21)24/h8-17,19H,18H2,1-7H3/q+1. The van der Waals surface area contributed by atoms with E-state index in [0.29, 0.717) is 5.92 Å². The maximum Gasteiger partial charge on any atom is 0.228 e. The summed E-state index contributed by atoms with van der Waals surface area (Å²) in [5.41, 5.74) is 6.61. The van der Waals surface area contributed by atoms with E-state index in [4.69, 9.17) is 4.74 Å². The summed E-state index contributed by atoms with van der Waals surface area (Å²) in [6.07, 6.45) is 3.17. The highest BCUT2D eigenvalue weighted by atomic mass is 16.5. The first-order valence-corrected chi connectivity index (χ1v) is 12.8. The molecule has 0 aliphatic carbocycles. The van der Waals surface area contributed by atoms with Crippen LogP contribution < -0.4 is 9.30 Å². The molecule has 0 amide bonds. The van der Waals surface area contributed by atoms with Crippen molar-refractivity contribution in [1.82, 2.24) is 0 Å². The molecule has 4 aromatic carbocycles. The Balaban J connectivity index is 1.81. The number of pyridine rings is 1. The maximum absolute atomic E-state index is 7.00. The molecule has 35 heavy (non-hydrogen) atoms. The van der Waals surface area contributed by atoms with Crippen LogP contribution in [0.4, 0.5) is 0 Å². The molecule has 0 spiro atoms. The lowest BCUT2D eigenvalue weighted by molar-refractivity contribution is -0.659. The van der Waals surface area contributed by atoms with Gasteiger partial charge in [-0.25, -0.2) is 4.57 Å². The molecule has 0 N–H and O–H groups in total. The minimum Gasteiger partial charge on any atom is -0.455 e. The smallest absolute Gasteiger partial charge is 0.228 e. The first-order chi connectivity index (χ1) is 16.7. The predicted molar refractivity (Wildman–Crippen MR) is 148 cm³/mol. The molecule has 5 aromatic rings. The normalized spacial score (nSPS) is 13.0. The van der Waals surface area contributed by atoms with E-state index in [-0.39, 0.29) is 5.41 Å². The van der Waals surface area contributed by atoms with Crippen LogP contribution in [0.1, 0.15) is 57.2 Å². The van der Waals surface area contributed by atoms with Gasteiger partial charge in [-0.1, -0.05) is 77.1 Å². The SMILES string of the molecule is Cc1c2c(c(CC(C)(C)C)c3ccccc13)Oc1cc3c(C(C)C)cccc3c3cc[n+](C)c-2c13. The van der Waals surface area contributed by atoms with E-state index in [0.717, 1.165) is 17.9 Å². The number of nitrogens with zero attached hydrogens (tertiary/aromatic N) is 1. The van der Waals surface area contributed by atoms with Crippen molar-refractivity contribution in [1.29, 1.82) is 0 Å². The zero-order valence-corrected chi connectivity index (χ0v) is 21.9. The van der Waals surface area contributed by atoms with E-state index in [1.807, 2.05) is 0 Å². The monoisotopic (exact) mass is 460 g/mol. The second kappa shape index (κ2) is 7.55. The number of benzene rings is 4. The number of ether oxygens (including phenoxy) is 1. The molecule has 0 unspecified atom stereocenters. The Morgan fingerprint density at radius 1 is 0.857 bits per heavy atom. The zero-order chi connectivity index (χ0) is 24.6. The molecule has 0 saturated carbocycles. The van der Waals surface area contributed by atoms with Crippen molar-refractivity contribution < 1.29 is 9.30 Å². The highest BCUT2D eigenvalue weighted by molar-refractivity contribution is 6.16. The highest BCUT2D eigenvalue weighted by Gasteiger charge is 2.34. The van der Waals surface area contributed by atoms with Crippen molar-refractivity contribution in [3.05, 3.63) is 77.5 Å². The van der Waals surface area contributed by atoms with Crippen molar-refractivity contribution in [3.63, 3.8) is 0 Å². The van der Waals surface area contributed by atoms with Crippen LogP contribution in [0.3, 0.4) is 0 Å². The minimum atomic E-state index is 0.137. The Morgan fingerprint density at radius 2 is 1.57 bits per heavy atom. The van der Waals surface area contributed by atoms with E-state index in [9.17, 15) is 0 Å². The van der Waals surface area contributed by atoms with Gasteiger partial charge in [-0.05, 0) is 63.4 Å². The fourth-order valence-electron chi connectivity index (χ4n) is 6.05. The number of fused-ring (bicyclic) bond motifs is 5. The fourth-order valence-corrected chi connectivity index (χ4v) is 6.05. The van der Waals surface area contributed by atoms with Gasteiger partial charge in [0.05, 0.1) is 10.9 Å². The molecule has 0 radical (unpaired) electrons. The van der Waals surface area contributed by atoms with Gasteiger partial charge < -0.3 is 4.74 Å². The van der Waals surface area contributed by atoms with Gasteiger partial charge in [0.2, 0.25) is 5.69 Å². The van der Waals surface area contributed by atoms with Crippen molar-refractivity contribution in [3.8, 4) is 22.8 Å². The molecule has 0 atom stereocenters. The second-order valence-corrected chi connectivity index (χ2v) is 11.7. The van der Waals surface area contributed by atoms with Crippen molar-refractivity contribution >= 4 is 32.3 Å². The minimum absolute atomic E-state index is 0.137. The Hall–Kier alpha value is -3.39. The molecule has 1 aliphatic heterocycles. The third-order valence-corrected chi connectivity index (χ3v) is 7.59. The van der Waals surface area contributed by atoms with Crippen LogP contribution in [0.15, 0.2) is 60.8 Å². The summed E-state index contributed by atoms with van der Waals surface area (Å²) >= 11 is 0. The van der Waals surface area contributed by atoms with Gasteiger partial charge in [-0.3, -0.25) is 0 Å². The fraction of sp³-hybridized carbons (Fsp3) is 0.303. The Bertz CT molecular complexity index is 1670. The van der Waals surface area contributed by atoms with Crippen LogP contribution in [0.25, 0.3) is 43.6 Å². The van der Waals surface area contributed by atoms with Crippen molar-refractivity contribution in [2.45, 2.75) is 53.9 Å². The summed E-state index contributed by atoms with van der Waals surface area (Å²) in [6.45, 7) is 13.7. The Morgan fingerprint density at radius 3 is 2.29 bits per heavy atom. The summed E-state index contributed by atoms with van der Waals surface area (Å²) in [4.78, 5) is 0. The molecule has 2 nitrogen and oxygen atoms in total. The van der Waals surface area contributed by atoms with Gasteiger partial charge in [-0.15, -0.1) is 0 Å². The van der Waals surface area contributed by atoms with Gasteiger partial charge in [0.25, 0.3) is 0 Å². The van der Waals surface area contributed by atoms with Crippen molar-refractivity contribution in [2.75, 3.05) is 0 Å². The molecular weight excluding hydrogens is 426 g/mol. The third-order valence-electron chi connectivity index (χ3n) is 7.59. The van der Waals surface area contributed by atoms with Crippen LogP contribution in [-0.4, -0.2) is 0 Å². The van der Waals surface area contributed by atoms with Gasteiger partial charge >= 0.3 is 0 Å².